The van der Waals surface area contributed by atoms with Crippen LogP contribution < -0.4 is 10.6 Å². The lowest BCUT2D eigenvalue weighted by Gasteiger charge is -2.44. The van der Waals surface area contributed by atoms with Crippen molar-refractivity contribution in [2.75, 3.05) is 43.4 Å². The van der Waals surface area contributed by atoms with Crippen LogP contribution in [0.4, 0.5) is 11.4 Å². The molecule has 0 radical (unpaired) electrons. The Kier molecular flexibility index (Phi) is 4.58. The summed E-state index contributed by atoms with van der Waals surface area (Å²) >= 11 is 0. The highest BCUT2D eigenvalue weighted by Crippen LogP contribution is 2.36. The first-order valence-corrected chi connectivity index (χ1v) is 9.43. The van der Waals surface area contributed by atoms with E-state index in [4.69, 9.17) is 0 Å². The third-order valence-corrected chi connectivity index (χ3v) is 5.79. The van der Waals surface area contributed by atoms with Crippen LogP contribution in [0, 0.1) is 0 Å². The summed E-state index contributed by atoms with van der Waals surface area (Å²) in [6, 6.07) is 7.70. The van der Waals surface area contributed by atoms with Crippen molar-refractivity contribution in [3.63, 3.8) is 0 Å². The lowest BCUT2D eigenvalue weighted by molar-refractivity contribution is -0.136. The third kappa shape index (κ3) is 3.29. The molecule has 1 spiro atoms. The Morgan fingerprint density at radius 1 is 1.19 bits per heavy atom. The Bertz CT molecular complexity index is 700. The molecule has 1 aromatic rings. The molecule has 0 bridgehead atoms. The number of fused-ring (bicyclic) bond motifs is 1. The number of nitrogens with zero attached hydrogens (tertiary/aromatic N) is 2. The van der Waals surface area contributed by atoms with E-state index >= 15 is 0 Å². The highest BCUT2D eigenvalue weighted by Gasteiger charge is 2.45. The highest BCUT2D eigenvalue weighted by atomic mass is 16.3. The van der Waals surface area contributed by atoms with E-state index in [0.717, 1.165) is 30.8 Å². The van der Waals surface area contributed by atoms with Gasteiger partial charge in [0.25, 0.3) is 0 Å². The fourth-order valence-corrected chi connectivity index (χ4v) is 4.21. The second kappa shape index (κ2) is 6.89. The minimum Gasteiger partial charge on any atom is -0.392 e. The van der Waals surface area contributed by atoms with E-state index in [2.05, 4.69) is 10.6 Å². The van der Waals surface area contributed by atoms with Gasteiger partial charge in [-0.1, -0.05) is 12.1 Å². The fourth-order valence-electron chi connectivity index (χ4n) is 4.21. The largest absolute Gasteiger partial charge is 0.392 e. The zero-order valence-corrected chi connectivity index (χ0v) is 14.9. The van der Waals surface area contributed by atoms with E-state index in [-0.39, 0.29) is 17.9 Å². The van der Waals surface area contributed by atoms with Crippen molar-refractivity contribution >= 4 is 23.2 Å². The Balaban J connectivity index is 1.36. The summed E-state index contributed by atoms with van der Waals surface area (Å²) in [6.07, 6.45) is 2.62. The molecule has 0 unspecified atom stereocenters. The van der Waals surface area contributed by atoms with Crippen LogP contribution in [0.2, 0.25) is 0 Å². The number of hydrogen-bond donors (Lipinski definition) is 3. The number of β-amino-alcohol motifs (C(OH)–C–C–N with tert-alkyl or cyclic N) is 1. The molecule has 2 saturated heterocycles. The second-order valence-corrected chi connectivity index (χ2v) is 7.62. The molecule has 3 aliphatic rings. The Labute approximate surface area is 153 Å². The van der Waals surface area contributed by atoms with Crippen molar-refractivity contribution in [2.24, 2.45) is 0 Å². The summed E-state index contributed by atoms with van der Waals surface area (Å²) in [4.78, 5) is 29.1. The molecule has 2 fully saturated rings. The first kappa shape index (κ1) is 17.3. The maximum atomic E-state index is 12.7. The standard InChI is InChI=1S/C19H26N4O3/c24-14-4-3-9-22(12-14)13-17(25)23-10-7-19(8-11-23)18(26)20-15-5-1-2-6-16(15)21-19/h1-2,5-6,14,21,24H,3-4,7-13H2,(H,20,26)/t14-/m0/s1. The molecule has 140 valence electrons. The third-order valence-electron chi connectivity index (χ3n) is 5.79. The predicted octanol–water partition coefficient (Wildman–Crippen LogP) is 0.869. The molecule has 7 nitrogen and oxygen atoms in total. The van der Waals surface area contributed by atoms with Gasteiger partial charge in [-0.25, -0.2) is 0 Å². The van der Waals surface area contributed by atoms with E-state index in [0.29, 0.717) is 39.0 Å². The molecule has 0 saturated carbocycles. The van der Waals surface area contributed by atoms with E-state index < -0.39 is 5.54 Å². The van der Waals surface area contributed by atoms with Crippen LogP contribution in [-0.4, -0.2) is 71.1 Å². The normalized spacial score (nSPS) is 25.3. The van der Waals surface area contributed by atoms with Gasteiger partial charge in [-0.05, 0) is 44.4 Å². The summed E-state index contributed by atoms with van der Waals surface area (Å²) in [7, 11) is 0. The highest BCUT2D eigenvalue weighted by molar-refractivity contribution is 6.06. The number of benzene rings is 1. The topological polar surface area (TPSA) is 84.9 Å². The maximum Gasteiger partial charge on any atom is 0.250 e. The molecule has 26 heavy (non-hydrogen) atoms. The van der Waals surface area contributed by atoms with Crippen LogP contribution in [0.3, 0.4) is 0 Å². The SMILES string of the molecule is O=C(CN1CCC[C@H](O)C1)N1CCC2(CC1)Nc1ccccc1NC2=O. The van der Waals surface area contributed by atoms with Gasteiger partial charge in [-0.3, -0.25) is 14.5 Å². The smallest absolute Gasteiger partial charge is 0.250 e. The number of likely N-dealkylation sites (tertiary alicyclic amines) is 2. The number of aliphatic hydroxyl groups is 1. The molecule has 3 N–H and O–H groups in total. The molecule has 0 aliphatic carbocycles. The number of aliphatic hydroxyl groups excluding tert-OH is 1. The molecule has 3 aliphatic heterocycles. The zero-order chi connectivity index (χ0) is 18.1. The van der Waals surface area contributed by atoms with Crippen molar-refractivity contribution in [3.05, 3.63) is 24.3 Å². The minimum absolute atomic E-state index is 0.0116. The molecule has 3 heterocycles. The van der Waals surface area contributed by atoms with Crippen LogP contribution in [0.15, 0.2) is 24.3 Å². The number of anilines is 2. The summed E-state index contributed by atoms with van der Waals surface area (Å²) in [5.74, 6) is 0.0769. The molecule has 2 amide bonds. The van der Waals surface area contributed by atoms with Gasteiger partial charge < -0.3 is 20.6 Å². The van der Waals surface area contributed by atoms with E-state index in [1.807, 2.05) is 34.1 Å². The summed E-state index contributed by atoms with van der Waals surface area (Å²) in [5.41, 5.74) is 1.12. The summed E-state index contributed by atoms with van der Waals surface area (Å²) < 4.78 is 0. The summed E-state index contributed by atoms with van der Waals surface area (Å²) in [6.45, 7) is 2.92. The number of para-hydroxylation sites is 2. The van der Waals surface area contributed by atoms with Crippen LogP contribution in [0.25, 0.3) is 0 Å². The van der Waals surface area contributed by atoms with Gasteiger partial charge in [-0.2, -0.15) is 0 Å². The van der Waals surface area contributed by atoms with Crippen LogP contribution >= 0.6 is 0 Å². The quantitative estimate of drug-likeness (QED) is 0.730. The lowest BCUT2D eigenvalue weighted by atomic mass is 9.84. The molecule has 0 aromatic heterocycles. The van der Waals surface area contributed by atoms with Crippen LogP contribution in [-0.2, 0) is 9.59 Å². The Morgan fingerprint density at radius 3 is 2.65 bits per heavy atom. The first-order chi connectivity index (χ1) is 12.6. The number of carbonyl (C=O) groups is 2. The summed E-state index contributed by atoms with van der Waals surface area (Å²) in [5, 5.41) is 16.2. The van der Waals surface area contributed by atoms with Gasteiger partial charge in [-0.15, -0.1) is 0 Å². The van der Waals surface area contributed by atoms with Crippen LogP contribution in [0.1, 0.15) is 25.7 Å². The average molecular weight is 358 g/mol. The predicted molar refractivity (Wildman–Crippen MR) is 98.9 cm³/mol. The van der Waals surface area contributed by atoms with Gasteiger partial charge in [0.2, 0.25) is 11.8 Å². The van der Waals surface area contributed by atoms with E-state index in [1.165, 1.54) is 0 Å². The first-order valence-electron chi connectivity index (χ1n) is 9.43. The fraction of sp³-hybridized carbons (Fsp3) is 0.579. The van der Waals surface area contributed by atoms with E-state index in [1.54, 1.807) is 0 Å². The molecule has 7 heteroatoms. The van der Waals surface area contributed by atoms with Crippen molar-refractivity contribution in [1.82, 2.24) is 9.80 Å². The number of nitrogens with one attached hydrogen (secondary N) is 2. The van der Waals surface area contributed by atoms with Gasteiger partial charge in [0.15, 0.2) is 0 Å². The van der Waals surface area contributed by atoms with Crippen LogP contribution in [0.5, 0.6) is 0 Å². The number of carbonyl (C=O) groups excluding carboxylic acids is 2. The molecular formula is C19H26N4O3. The molecule has 1 atom stereocenters. The second-order valence-electron chi connectivity index (χ2n) is 7.62. The minimum atomic E-state index is -0.632. The average Bonchev–Trinajstić information content (AvgIpc) is 2.63. The number of piperidine rings is 2. The van der Waals surface area contributed by atoms with Gasteiger partial charge in [0.1, 0.15) is 5.54 Å². The monoisotopic (exact) mass is 358 g/mol. The van der Waals surface area contributed by atoms with Crippen molar-refractivity contribution in [3.8, 4) is 0 Å². The maximum absolute atomic E-state index is 12.7. The number of amides is 2. The van der Waals surface area contributed by atoms with E-state index in [9.17, 15) is 14.7 Å². The van der Waals surface area contributed by atoms with Crippen molar-refractivity contribution in [2.45, 2.75) is 37.3 Å². The molecule has 1 aromatic carbocycles. The Hall–Kier alpha value is -2.12. The zero-order valence-electron chi connectivity index (χ0n) is 14.9. The molecular weight excluding hydrogens is 332 g/mol. The van der Waals surface area contributed by atoms with Gasteiger partial charge in [0.05, 0.1) is 24.0 Å². The van der Waals surface area contributed by atoms with Crippen molar-refractivity contribution in [1.29, 1.82) is 0 Å². The number of rotatable bonds is 2. The van der Waals surface area contributed by atoms with Crippen molar-refractivity contribution < 1.29 is 14.7 Å². The lowest BCUT2D eigenvalue weighted by Crippen LogP contribution is -2.59. The Morgan fingerprint density at radius 2 is 1.92 bits per heavy atom. The van der Waals surface area contributed by atoms with Gasteiger partial charge in [0, 0.05) is 19.6 Å². The molecule has 4 rings (SSSR count). The van der Waals surface area contributed by atoms with Gasteiger partial charge >= 0.3 is 0 Å². The number of hydrogen-bond acceptors (Lipinski definition) is 5.